The Morgan fingerprint density at radius 1 is 0.525 bits per heavy atom. The summed E-state index contributed by atoms with van der Waals surface area (Å²) in [5.74, 6) is -4.58. The van der Waals surface area contributed by atoms with E-state index in [-0.39, 0.29) is 0 Å². The van der Waals surface area contributed by atoms with Crippen LogP contribution in [0.4, 0.5) is 28.4 Å². The summed E-state index contributed by atoms with van der Waals surface area (Å²) in [5.41, 5.74) is -3.60. The number of rotatable bonds is 19. The highest BCUT2D eigenvalue weighted by molar-refractivity contribution is 7.92. The largest absolute Gasteiger partial charge is 0.505 e. The van der Waals surface area contributed by atoms with E-state index < -0.39 is 166 Å². The maximum atomic E-state index is 12.9. The first-order valence-electron chi connectivity index (χ1n) is 15.5. The van der Waals surface area contributed by atoms with E-state index in [1.165, 1.54) is 12.1 Å². The number of hydrogen-bond donors (Lipinski definition) is 7. The Morgan fingerprint density at radius 3 is 1.59 bits per heavy atom. The van der Waals surface area contributed by atoms with Gasteiger partial charge in [0.15, 0.2) is 25.4 Å². The van der Waals surface area contributed by atoms with Crippen molar-refractivity contribution in [2.45, 2.75) is 19.6 Å². The lowest BCUT2D eigenvalue weighted by Gasteiger charge is -2.14. The highest BCUT2D eigenvalue weighted by Crippen LogP contribution is 2.47. The molecule has 7 N–H and O–H groups in total. The van der Waals surface area contributed by atoms with Crippen LogP contribution in [-0.4, -0.2) is 117 Å². The summed E-state index contributed by atoms with van der Waals surface area (Å²) in [6.45, 7) is -2.17. The Kier molecular flexibility index (Phi) is 14.4. The first-order chi connectivity index (χ1) is 27.8. The van der Waals surface area contributed by atoms with Crippen molar-refractivity contribution in [2.75, 3.05) is 35.9 Å². The zero-order chi connectivity index (χ0) is 46.0. The molecule has 4 aromatic carbocycles. The molecule has 0 aliphatic carbocycles. The zero-order valence-electron chi connectivity index (χ0n) is 29.7. The molecule has 4 rings (SSSR count). The van der Waals surface area contributed by atoms with E-state index >= 15 is 0 Å². The summed E-state index contributed by atoms with van der Waals surface area (Å²) < 4.78 is 223. The fourth-order valence-electron chi connectivity index (χ4n) is 4.83. The van der Waals surface area contributed by atoms with E-state index in [2.05, 4.69) is 34.1 Å². The van der Waals surface area contributed by atoms with Crippen LogP contribution in [0.5, 0.6) is 5.75 Å². The highest BCUT2D eigenvalue weighted by atomic mass is 32.3. The zero-order valence-corrected chi connectivity index (χ0v) is 35.4. The van der Waals surface area contributed by atoms with Gasteiger partial charge in [-0.3, -0.25) is 22.8 Å². The maximum absolute atomic E-state index is 12.9. The minimum atomic E-state index is -5.49. The summed E-state index contributed by atoms with van der Waals surface area (Å²) >= 11 is 0. The molecule has 61 heavy (non-hydrogen) atoms. The third-order valence-corrected chi connectivity index (χ3v) is 14.0. The van der Waals surface area contributed by atoms with Gasteiger partial charge < -0.3 is 10.4 Å². The molecule has 0 unspecified atom stereocenters. The van der Waals surface area contributed by atoms with Crippen molar-refractivity contribution in [3.63, 3.8) is 0 Å². The number of hydrogen-bond acceptors (Lipinski definition) is 22. The van der Waals surface area contributed by atoms with Gasteiger partial charge >= 0.3 is 20.8 Å². The smallest absolute Gasteiger partial charge is 0.397 e. The predicted octanol–water partition coefficient (Wildman–Crippen LogP) is 2.31. The third kappa shape index (κ3) is 13.4. The fourth-order valence-corrected chi connectivity index (χ4v) is 9.69. The molecule has 4 aromatic rings. The number of sulfone groups is 2. The molecule has 27 nitrogen and oxygen atoms in total. The lowest BCUT2D eigenvalue weighted by molar-refractivity contribution is 0.282. The van der Waals surface area contributed by atoms with Crippen molar-refractivity contribution in [3.05, 3.63) is 60.7 Å². The van der Waals surface area contributed by atoms with Gasteiger partial charge in [0.05, 0.1) is 40.2 Å². The van der Waals surface area contributed by atoms with Gasteiger partial charge in [-0.15, -0.1) is 20.5 Å². The van der Waals surface area contributed by atoms with Gasteiger partial charge in [0, 0.05) is 10.8 Å². The lowest BCUT2D eigenvalue weighted by Crippen LogP contribution is -2.16. The van der Waals surface area contributed by atoms with Crippen LogP contribution in [0.2, 0.25) is 0 Å². The van der Waals surface area contributed by atoms with Crippen LogP contribution in [0, 0.1) is 0 Å². The van der Waals surface area contributed by atoms with Gasteiger partial charge in [0.1, 0.15) is 38.4 Å². The lowest BCUT2D eigenvalue weighted by atomic mass is 10.1. The van der Waals surface area contributed by atoms with E-state index in [0.29, 0.717) is 24.3 Å². The van der Waals surface area contributed by atoms with Crippen LogP contribution in [0.25, 0.3) is 10.8 Å². The number of azo groups is 2. The topological polar surface area (TPSA) is 440 Å². The minimum absolute atomic E-state index is 0.364. The molecule has 334 valence electrons. The van der Waals surface area contributed by atoms with Gasteiger partial charge in [-0.2, -0.15) is 42.1 Å². The Hall–Kier alpha value is -4.69. The van der Waals surface area contributed by atoms with E-state index in [0.717, 1.165) is 24.3 Å². The van der Waals surface area contributed by atoms with Crippen molar-refractivity contribution >= 4 is 110 Å². The summed E-state index contributed by atoms with van der Waals surface area (Å²) in [6, 6.07) is 8.71. The van der Waals surface area contributed by atoms with Crippen molar-refractivity contribution in [3.8, 4) is 5.75 Å². The third-order valence-electron chi connectivity index (χ3n) is 7.38. The summed E-state index contributed by atoms with van der Waals surface area (Å²) in [5, 5.41) is 27.3. The monoisotopic (exact) mass is 997 g/mol. The van der Waals surface area contributed by atoms with Crippen molar-refractivity contribution in [1.82, 2.24) is 0 Å². The molecular formula is C27H27N5O22S7. The van der Waals surface area contributed by atoms with E-state index in [4.69, 9.17) is 9.11 Å². The minimum Gasteiger partial charge on any atom is -0.505 e. The number of aromatic hydroxyl groups is 1. The Balaban J connectivity index is 1.93. The van der Waals surface area contributed by atoms with Crippen LogP contribution in [0.15, 0.2) is 101 Å². The number of anilines is 1. The van der Waals surface area contributed by atoms with Gasteiger partial charge in [-0.25, -0.2) is 25.2 Å². The average Bonchev–Trinajstić information content (AvgIpc) is 3.10. The van der Waals surface area contributed by atoms with Crippen LogP contribution in [0.3, 0.4) is 0 Å². The Morgan fingerprint density at radius 2 is 1.05 bits per heavy atom. The predicted molar refractivity (Wildman–Crippen MR) is 206 cm³/mol. The van der Waals surface area contributed by atoms with E-state index in [1.54, 1.807) is 0 Å². The first-order valence-corrected chi connectivity index (χ1v) is 26.0. The van der Waals surface area contributed by atoms with Crippen molar-refractivity contribution in [2.24, 2.45) is 20.5 Å². The second-order valence-electron chi connectivity index (χ2n) is 11.6. The second kappa shape index (κ2) is 18.0. The molecule has 0 bridgehead atoms. The molecule has 0 atom stereocenters. The van der Waals surface area contributed by atoms with Gasteiger partial charge in [-0.05, 0) is 48.5 Å². The van der Waals surface area contributed by atoms with Gasteiger partial charge in [0.2, 0.25) is 0 Å². The summed E-state index contributed by atoms with van der Waals surface area (Å²) in [7, 11) is -34.9. The average molecular weight is 998 g/mol. The SMILES string of the molecule is O=S(=O)(O)CNc1ccc2c(O)c(N=Nc3ccccc3S(=O)(=O)CCOS(=O)(=O)O)c(S(=O)(=O)O)cc2c1N=Nc1ccc(S(=O)(=O)CCOS(=O)(=O)O)cc1S(=O)(=O)O. The molecule has 0 spiro atoms. The van der Waals surface area contributed by atoms with Gasteiger partial charge in [0.25, 0.3) is 30.4 Å². The molecule has 0 radical (unpaired) electrons. The van der Waals surface area contributed by atoms with Gasteiger partial charge in [-0.1, -0.05) is 12.1 Å². The normalized spacial score (nSPS) is 13.7. The van der Waals surface area contributed by atoms with Crippen LogP contribution in [-0.2, 0) is 79.2 Å². The standard InChI is InChI=1S/C27H27N5O22S7/c33-27-17-6-8-21(28-15-57(38,39)40)25(31-30-20-7-5-16(13-23(20)58(41,42)43)55(34,35)11-9-53-60(47,48)49)18(17)14-24(59(44,45)46)26(27)32-29-19-3-1-2-4-22(19)56(36,37)12-10-54-61(50,51)52/h1-8,13-14,28,33H,9-12,15H2,(H,38,39,40)(H,41,42,43)(H,44,45,46)(H,47,48,49)(H,50,51,52). The molecule has 0 heterocycles. The number of nitrogens with one attached hydrogen (secondary N) is 1. The Bertz CT molecular complexity index is 3270. The first kappa shape index (κ1) is 49.0. The summed E-state index contributed by atoms with van der Waals surface area (Å²) in [4.78, 5) is -4.02. The molecule has 0 aliphatic heterocycles. The van der Waals surface area contributed by atoms with E-state index in [9.17, 15) is 77.7 Å². The number of fused-ring (bicyclic) bond motifs is 1. The molecule has 0 saturated carbocycles. The molecule has 34 heteroatoms. The van der Waals surface area contributed by atoms with Crippen LogP contribution in [0.1, 0.15) is 0 Å². The highest BCUT2D eigenvalue weighted by Gasteiger charge is 2.27. The Labute approximate surface area is 345 Å². The molecular weight excluding hydrogens is 971 g/mol. The maximum Gasteiger partial charge on any atom is 0.397 e. The molecule has 0 amide bonds. The molecule has 0 aromatic heterocycles. The second-order valence-corrected chi connectivity index (χ2v) is 22.2. The fraction of sp³-hybridized carbons (Fsp3) is 0.185. The molecule has 0 fully saturated rings. The number of benzene rings is 4. The molecule has 0 saturated heterocycles. The van der Waals surface area contributed by atoms with Crippen LogP contribution < -0.4 is 5.32 Å². The number of phenolic OH excluding ortho intramolecular Hbond substituents is 1. The number of nitrogens with zero attached hydrogens (tertiary/aromatic N) is 4. The number of phenols is 1. The molecule has 0 aliphatic rings. The summed E-state index contributed by atoms with van der Waals surface area (Å²) in [6.07, 6.45) is 0. The van der Waals surface area contributed by atoms with Crippen molar-refractivity contribution < 1.29 is 95.2 Å². The van der Waals surface area contributed by atoms with E-state index in [1.807, 2.05) is 0 Å². The van der Waals surface area contributed by atoms with Crippen molar-refractivity contribution in [1.29, 1.82) is 0 Å². The van der Waals surface area contributed by atoms with Crippen LogP contribution >= 0.6 is 0 Å². The quantitative estimate of drug-likeness (QED) is 0.0523.